The number of rotatable bonds is 8. The highest BCUT2D eigenvalue weighted by Gasteiger charge is 2.28. The molecule has 168 valence electrons. The maximum absolute atomic E-state index is 13.1. The van der Waals surface area contributed by atoms with Gasteiger partial charge in [0.2, 0.25) is 10.0 Å². The van der Waals surface area contributed by atoms with Gasteiger partial charge in [-0.3, -0.25) is 4.79 Å². The van der Waals surface area contributed by atoms with Gasteiger partial charge in [0.15, 0.2) is 0 Å². The van der Waals surface area contributed by atoms with Gasteiger partial charge >= 0.3 is 0 Å². The third kappa shape index (κ3) is 5.17. The molecular formula is C22H28N2O6S. The van der Waals surface area contributed by atoms with Crippen molar-refractivity contribution in [2.24, 2.45) is 0 Å². The van der Waals surface area contributed by atoms with Crippen molar-refractivity contribution in [3.05, 3.63) is 53.6 Å². The Kier molecular flexibility index (Phi) is 7.53. The first-order chi connectivity index (χ1) is 14.9. The smallest absolute Gasteiger partial charge is 0.255 e. The van der Waals surface area contributed by atoms with Gasteiger partial charge in [-0.15, -0.1) is 0 Å². The van der Waals surface area contributed by atoms with Crippen LogP contribution < -0.4 is 14.8 Å². The van der Waals surface area contributed by atoms with Gasteiger partial charge in [0.1, 0.15) is 11.5 Å². The van der Waals surface area contributed by atoms with Crippen molar-refractivity contribution >= 4 is 15.9 Å². The Labute approximate surface area is 183 Å². The number of nitrogens with zero attached hydrogens (tertiary/aromatic N) is 1. The van der Waals surface area contributed by atoms with Gasteiger partial charge in [-0.1, -0.05) is 19.1 Å². The lowest BCUT2D eigenvalue weighted by Gasteiger charge is -2.26. The molecule has 0 saturated carbocycles. The van der Waals surface area contributed by atoms with Crippen LogP contribution in [0.25, 0.3) is 0 Å². The fraction of sp³-hybridized carbons (Fsp3) is 0.409. The SMILES string of the molecule is CCC(NC(=O)c1cc(S(=O)(=O)N2CCOCC2)ccc1OC)c1ccc(OC)cc1. The molecule has 2 aromatic rings. The maximum atomic E-state index is 13.1. The molecule has 1 atom stereocenters. The summed E-state index contributed by atoms with van der Waals surface area (Å²) >= 11 is 0. The van der Waals surface area contributed by atoms with Gasteiger partial charge in [-0.05, 0) is 42.3 Å². The first-order valence-electron chi connectivity index (χ1n) is 10.1. The largest absolute Gasteiger partial charge is 0.497 e. The number of sulfonamides is 1. The fourth-order valence-corrected chi connectivity index (χ4v) is 4.89. The van der Waals surface area contributed by atoms with Gasteiger partial charge in [0, 0.05) is 13.1 Å². The zero-order chi connectivity index (χ0) is 22.4. The molecule has 1 N–H and O–H groups in total. The predicted octanol–water partition coefficient (Wildman–Crippen LogP) is 2.61. The minimum absolute atomic E-state index is 0.0536. The van der Waals surface area contributed by atoms with Crippen LogP contribution in [0.3, 0.4) is 0 Å². The second-order valence-electron chi connectivity index (χ2n) is 7.09. The standard InChI is InChI=1S/C22H28N2O6S/c1-4-20(16-5-7-17(28-2)8-6-16)23-22(25)19-15-18(9-10-21(19)29-3)31(26,27)24-11-13-30-14-12-24/h5-10,15,20H,4,11-14H2,1-3H3,(H,23,25). The average molecular weight is 449 g/mol. The van der Waals surface area contributed by atoms with Crippen LogP contribution in [0.5, 0.6) is 11.5 Å². The van der Waals surface area contributed by atoms with Crippen molar-refractivity contribution in [3.63, 3.8) is 0 Å². The Balaban J connectivity index is 1.87. The lowest BCUT2D eigenvalue weighted by molar-refractivity contribution is 0.0730. The van der Waals surface area contributed by atoms with Crippen molar-refractivity contribution in [2.75, 3.05) is 40.5 Å². The molecule has 31 heavy (non-hydrogen) atoms. The molecule has 0 radical (unpaired) electrons. The van der Waals surface area contributed by atoms with Crippen LogP contribution in [0.15, 0.2) is 47.4 Å². The molecule has 1 heterocycles. The molecule has 3 rings (SSSR count). The van der Waals surface area contributed by atoms with Crippen LogP contribution in [0, 0.1) is 0 Å². The summed E-state index contributed by atoms with van der Waals surface area (Å²) in [6.07, 6.45) is 0.659. The van der Waals surface area contributed by atoms with Crippen molar-refractivity contribution in [3.8, 4) is 11.5 Å². The summed E-state index contributed by atoms with van der Waals surface area (Å²) in [5.41, 5.74) is 1.09. The Bertz CT molecular complexity index is 1000. The molecule has 0 aromatic heterocycles. The quantitative estimate of drug-likeness (QED) is 0.667. The summed E-state index contributed by atoms with van der Waals surface area (Å²) in [6, 6.07) is 11.5. The Morgan fingerprint density at radius 2 is 1.77 bits per heavy atom. The van der Waals surface area contributed by atoms with Gasteiger partial charge in [0.25, 0.3) is 5.91 Å². The van der Waals surface area contributed by atoms with Crippen LogP contribution in [0.1, 0.15) is 35.3 Å². The molecule has 8 nitrogen and oxygen atoms in total. The number of nitrogens with one attached hydrogen (secondary N) is 1. The van der Waals surface area contributed by atoms with Gasteiger partial charge in [-0.25, -0.2) is 8.42 Å². The predicted molar refractivity (Wildman–Crippen MR) is 116 cm³/mol. The number of ether oxygens (including phenoxy) is 3. The molecule has 0 bridgehead atoms. The second kappa shape index (κ2) is 10.1. The van der Waals surface area contributed by atoms with Crippen LogP contribution in [-0.4, -0.2) is 59.2 Å². The molecule has 2 aromatic carbocycles. The van der Waals surface area contributed by atoms with Crippen LogP contribution in [0.2, 0.25) is 0 Å². The molecule has 1 amide bonds. The first-order valence-corrected chi connectivity index (χ1v) is 11.6. The molecule has 0 aliphatic carbocycles. The molecular weight excluding hydrogens is 420 g/mol. The van der Waals surface area contributed by atoms with Crippen LogP contribution >= 0.6 is 0 Å². The summed E-state index contributed by atoms with van der Waals surface area (Å²) in [7, 11) is -0.690. The third-order valence-electron chi connectivity index (χ3n) is 5.26. The Morgan fingerprint density at radius 1 is 1.10 bits per heavy atom. The number of amides is 1. The van der Waals surface area contributed by atoms with E-state index in [0.29, 0.717) is 25.4 Å². The van der Waals surface area contributed by atoms with Crippen molar-refractivity contribution in [1.82, 2.24) is 9.62 Å². The van der Waals surface area contributed by atoms with Crippen molar-refractivity contribution in [1.29, 1.82) is 0 Å². The molecule has 1 aliphatic heterocycles. The third-order valence-corrected chi connectivity index (χ3v) is 7.15. The number of carbonyl (C=O) groups excluding carboxylic acids is 1. The van der Waals surface area contributed by atoms with E-state index in [2.05, 4.69) is 5.32 Å². The minimum Gasteiger partial charge on any atom is -0.497 e. The highest BCUT2D eigenvalue weighted by atomic mass is 32.2. The van der Waals surface area contributed by atoms with Crippen molar-refractivity contribution < 1.29 is 27.4 Å². The second-order valence-corrected chi connectivity index (χ2v) is 9.02. The zero-order valence-corrected chi connectivity index (χ0v) is 18.8. The molecule has 1 aliphatic rings. The first kappa shape index (κ1) is 23.1. The minimum atomic E-state index is -3.73. The number of hydrogen-bond acceptors (Lipinski definition) is 6. The molecule has 1 unspecified atom stereocenters. The summed E-state index contributed by atoms with van der Waals surface area (Å²) in [6.45, 7) is 3.23. The lowest BCUT2D eigenvalue weighted by Crippen LogP contribution is -2.40. The van der Waals surface area contributed by atoms with E-state index >= 15 is 0 Å². The normalized spacial score (nSPS) is 15.8. The van der Waals surface area contributed by atoms with Gasteiger partial charge < -0.3 is 19.5 Å². The van der Waals surface area contributed by atoms with Crippen LogP contribution in [-0.2, 0) is 14.8 Å². The maximum Gasteiger partial charge on any atom is 0.255 e. The number of hydrogen-bond donors (Lipinski definition) is 1. The topological polar surface area (TPSA) is 94.2 Å². The lowest BCUT2D eigenvalue weighted by atomic mass is 10.0. The number of carbonyl (C=O) groups is 1. The van der Waals surface area contributed by atoms with E-state index < -0.39 is 15.9 Å². The Hall–Kier alpha value is -2.62. The molecule has 1 saturated heterocycles. The average Bonchev–Trinajstić information content (AvgIpc) is 2.82. The van der Waals surface area contributed by atoms with E-state index in [4.69, 9.17) is 14.2 Å². The van der Waals surface area contributed by atoms with E-state index in [0.717, 1.165) is 11.3 Å². The monoisotopic (exact) mass is 448 g/mol. The highest BCUT2D eigenvalue weighted by Crippen LogP contribution is 2.27. The molecule has 9 heteroatoms. The van der Waals surface area contributed by atoms with E-state index in [1.807, 2.05) is 31.2 Å². The summed E-state index contributed by atoms with van der Waals surface area (Å²) < 4.78 is 43.1. The fourth-order valence-electron chi connectivity index (χ4n) is 3.45. The van der Waals surface area contributed by atoms with E-state index in [9.17, 15) is 13.2 Å². The number of methoxy groups -OCH3 is 2. The molecule has 1 fully saturated rings. The van der Waals surface area contributed by atoms with E-state index in [1.165, 1.54) is 29.6 Å². The number of morpholine rings is 1. The Morgan fingerprint density at radius 3 is 2.35 bits per heavy atom. The van der Waals surface area contributed by atoms with E-state index in [1.54, 1.807) is 7.11 Å². The van der Waals surface area contributed by atoms with Crippen LogP contribution in [0.4, 0.5) is 0 Å². The summed E-state index contributed by atoms with van der Waals surface area (Å²) in [4.78, 5) is 13.2. The highest BCUT2D eigenvalue weighted by molar-refractivity contribution is 7.89. The summed E-state index contributed by atoms with van der Waals surface area (Å²) in [5, 5.41) is 2.98. The number of benzene rings is 2. The van der Waals surface area contributed by atoms with E-state index in [-0.39, 0.29) is 29.6 Å². The summed E-state index contributed by atoms with van der Waals surface area (Å²) in [5.74, 6) is 0.633. The zero-order valence-electron chi connectivity index (χ0n) is 18.0. The van der Waals surface area contributed by atoms with Gasteiger partial charge in [0.05, 0.1) is 43.9 Å². The van der Waals surface area contributed by atoms with Crippen molar-refractivity contribution in [2.45, 2.75) is 24.3 Å². The molecule has 0 spiro atoms. The van der Waals surface area contributed by atoms with Gasteiger partial charge in [-0.2, -0.15) is 4.31 Å².